The van der Waals surface area contributed by atoms with Crippen LogP contribution in [0.15, 0.2) is 139 Å². The van der Waals surface area contributed by atoms with Gasteiger partial charge in [0.15, 0.2) is 12.3 Å². The number of carbonyl (C=O) groups is 1. The van der Waals surface area contributed by atoms with Gasteiger partial charge in [0.1, 0.15) is 17.7 Å². The number of hydrogen-bond donors (Lipinski definition) is 5. The Morgan fingerprint density at radius 3 is 2.02 bits per heavy atom. The van der Waals surface area contributed by atoms with E-state index in [1.807, 2.05) is 72.8 Å². The van der Waals surface area contributed by atoms with Crippen LogP contribution in [0.4, 0.5) is 5.69 Å². The monoisotopic (exact) mass is 745 g/mol. The van der Waals surface area contributed by atoms with Gasteiger partial charge in [0, 0.05) is 25.0 Å². The first kappa shape index (κ1) is 37.0. The summed E-state index contributed by atoms with van der Waals surface area (Å²) < 4.78 is 37.8. The fraction of sp³-hybridized carbons (Fsp3) is 0.238. The Morgan fingerprint density at radius 1 is 0.815 bits per heavy atom. The number of imidazole rings is 1. The molecule has 1 fully saturated rings. The number of nitrogens with zero attached hydrogens (tertiary/aromatic N) is 2. The molecule has 0 radical (unpaired) electrons. The molecular formula is C42H43N5O6S. The van der Waals surface area contributed by atoms with Crippen LogP contribution in [-0.2, 0) is 19.6 Å². The molecule has 1 aliphatic rings. The van der Waals surface area contributed by atoms with Crippen molar-refractivity contribution in [1.29, 1.82) is 0 Å². The minimum Gasteiger partial charge on any atom is -0.387 e. The zero-order valence-corrected chi connectivity index (χ0v) is 30.7. The van der Waals surface area contributed by atoms with Gasteiger partial charge in [-0.3, -0.25) is 4.79 Å². The molecule has 54 heavy (non-hydrogen) atoms. The number of aliphatic hydroxyl groups excluding tert-OH is 2. The molecule has 11 nitrogen and oxygen atoms in total. The summed E-state index contributed by atoms with van der Waals surface area (Å²) in [6, 6.07) is 39.7. The maximum atomic E-state index is 13.7. The van der Waals surface area contributed by atoms with Crippen molar-refractivity contribution in [2.45, 2.75) is 55.2 Å². The van der Waals surface area contributed by atoms with Crippen LogP contribution in [0.3, 0.4) is 0 Å². The lowest BCUT2D eigenvalue weighted by atomic mass is 9.91. The lowest BCUT2D eigenvalue weighted by Gasteiger charge is -2.22. The van der Waals surface area contributed by atoms with Gasteiger partial charge < -0.3 is 30.2 Å². The van der Waals surface area contributed by atoms with Gasteiger partial charge in [-0.05, 0) is 65.9 Å². The fourth-order valence-electron chi connectivity index (χ4n) is 6.96. The van der Waals surface area contributed by atoms with Crippen LogP contribution >= 0.6 is 0 Å². The second-order valence-corrected chi connectivity index (χ2v) is 15.1. The quantitative estimate of drug-likeness (QED) is 0.100. The molecule has 0 spiro atoms. The highest BCUT2D eigenvalue weighted by Gasteiger charge is 2.47. The van der Waals surface area contributed by atoms with Crippen molar-refractivity contribution in [1.82, 2.24) is 19.6 Å². The molecule has 12 heteroatoms. The second-order valence-electron chi connectivity index (χ2n) is 13.4. The fourth-order valence-corrected chi connectivity index (χ4v) is 8.19. The molecule has 6 aromatic rings. The third kappa shape index (κ3) is 7.65. The standard InChI is InChI=1S/C42H43N5O6S/c1-3-43-41(50)40-38(48)39(49)42(53-40)47-26-45-37-35(44-25-34(30-15-9-5-10-16-30)31-17-11-6-12-18-31)23-32(24-36(37)47)27(2)46-54(51,52)33-21-19-29(20-22-33)28-13-7-4-8-14-28/h4-24,26-27,34,38-40,42,44,46,48-49H,3,25H2,1-2H3,(H,43,50)/t27?,38-,39+,40-,42+/m0/s1. The third-order valence-electron chi connectivity index (χ3n) is 9.83. The van der Waals surface area contributed by atoms with E-state index in [1.165, 1.54) is 6.33 Å². The van der Waals surface area contributed by atoms with E-state index in [1.54, 1.807) is 48.7 Å². The number of likely N-dealkylation sites (N-methyl/N-ethyl adjacent to an activating group) is 1. The van der Waals surface area contributed by atoms with E-state index in [0.717, 1.165) is 22.3 Å². The average Bonchev–Trinajstić information content (AvgIpc) is 3.75. The summed E-state index contributed by atoms with van der Waals surface area (Å²) in [4.78, 5) is 17.5. The molecule has 278 valence electrons. The maximum absolute atomic E-state index is 13.7. The van der Waals surface area contributed by atoms with Crippen molar-refractivity contribution in [3.05, 3.63) is 150 Å². The summed E-state index contributed by atoms with van der Waals surface area (Å²) in [6.07, 6.45) is -3.85. The van der Waals surface area contributed by atoms with Gasteiger partial charge in [0.25, 0.3) is 5.91 Å². The second kappa shape index (κ2) is 15.9. The van der Waals surface area contributed by atoms with E-state index in [9.17, 15) is 23.4 Å². The van der Waals surface area contributed by atoms with Gasteiger partial charge in [0.05, 0.1) is 22.4 Å². The SMILES string of the molecule is CCNC(=O)[C@H]1O[C@@H](n2cnc3c(NCC(c4ccccc4)c4ccccc4)cc(C(C)NS(=O)(=O)c4ccc(-c5ccccc5)cc4)cc32)[C@H](O)[C@@H]1O. The van der Waals surface area contributed by atoms with E-state index in [0.29, 0.717) is 35.4 Å². The minimum absolute atomic E-state index is 0.0315. The van der Waals surface area contributed by atoms with Crippen LogP contribution in [0.1, 0.15) is 48.7 Å². The molecule has 0 aliphatic carbocycles. The Kier molecular flexibility index (Phi) is 10.9. The Labute approximate surface area is 314 Å². The Morgan fingerprint density at radius 2 is 1.41 bits per heavy atom. The van der Waals surface area contributed by atoms with E-state index in [2.05, 4.69) is 39.6 Å². The minimum atomic E-state index is -3.96. The number of hydrogen-bond acceptors (Lipinski definition) is 8. The van der Waals surface area contributed by atoms with Crippen molar-refractivity contribution in [2.24, 2.45) is 0 Å². The molecular weight excluding hydrogens is 703 g/mol. The van der Waals surface area contributed by atoms with Crippen molar-refractivity contribution in [2.75, 3.05) is 18.4 Å². The smallest absolute Gasteiger partial charge is 0.252 e. The molecule has 2 heterocycles. The van der Waals surface area contributed by atoms with E-state index >= 15 is 0 Å². The van der Waals surface area contributed by atoms with Gasteiger partial charge in [0.2, 0.25) is 10.0 Å². The summed E-state index contributed by atoms with van der Waals surface area (Å²) in [7, 11) is -3.96. The third-order valence-corrected chi connectivity index (χ3v) is 11.4. The molecule has 0 saturated carbocycles. The average molecular weight is 746 g/mol. The molecule has 5 N–H and O–H groups in total. The Balaban J connectivity index is 1.24. The first-order valence-electron chi connectivity index (χ1n) is 18.0. The number of aliphatic hydroxyl groups is 2. The van der Waals surface area contributed by atoms with Crippen LogP contribution in [0.2, 0.25) is 0 Å². The zero-order chi connectivity index (χ0) is 37.8. The first-order valence-corrected chi connectivity index (χ1v) is 19.4. The topological polar surface area (TPSA) is 155 Å². The molecule has 5 atom stereocenters. The number of ether oxygens (including phenoxy) is 1. The number of rotatable bonds is 13. The predicted molar refractivity (Wildman–Crippen MR) is 208 cm³/mol. The largest absolute Gasteiger partial charge is 0.387 e. The molecule has 1 amide bonds. The summed E-state index contributed by atoms with van der Waals surface area (Å²) in [5.41, 5.74) is 6.40. The number of amides is 1. The lowest BCUT2D eigenvalue weighted by molar-refractivity contribution is -0.137. The molecule has 7 rings (SSSR count). The Bertz CT molecular complexity index is 2270. The number of sulfonamides is 1. The summed E-state index contributed by atoms with van der Waals surface area (Å²) in [5, 5.41) is 28.2. The number of carbonyl (C=O) groups excluding carboxylic acids is 1. The molecule has 5 aromatic carbocycles. The highest BCUT2D eigenvalue weighted by molar-refractivity contribution is 7.89. The van der Waals surface area contributed by atoms with Crippen LogP contribution < -0.4 is 15.4 Å². The number of aromatic nitrogens is 2. The number of nitrogens with one attached hydrogen (secondary N) is 3. The van der Waals surface area contributed by atoms with E-state index in [-0.39, 0.29) is 10.8 Å². The molecule has 0 bridgehead atoms. The van der Waals surface area contributed by atoms with Gasteiger partial charge in [-0.25, -0.2) is 18.1 Å². The summed E-state index contributed by atoms with van der Waals surface area (Å²) in [5.74, 6) is -0.567. The van der Waals surface area contributed by atoms with Crippen molar-refractivity contribution in [3.63, 3.8) is 0 Å². The Hall–Kier alpha value is -5.37. The zero-order valence-electron chi connectivity index (χ0n) is 29.9. The van der Waals surface area contributed by atoms with Crippen LogP contribution in [0.25, 0.3) is 22.2 Å². The highest BCUT2D eigenvalue weighted by atomic mass is 32.2. The highest BCUT2D eigenvalue weighted by Crippen LogP contribution is 2.36. The van der Waals surface area contributed by atoms with E-state index in [4.69, 9.17) is 9.72 Å². The van der Waals surface area contributed by atoms with Crippen LogP contribution in [0.5, 0.6) is 0 Å². The van der Waals surface area contributed by atoms with E-state index < -0.39 is 46.5 Å². The summed E-state index contributed by atoms with van der Waals surface area (Å²) >= 11 is 0. The van der Waals surface area contributed by atoms with Crippen molar-refractivity contribution < 1.29 is 28.2 Å². The van der Waals surface area contributed by atoms with Crippen LogP contribution in [-0.4, -0.2) is 65.5 Å². The number of fused-ring (bicyclic) bond motifs is 1. The lowest BCUT2D eigenvalue weighted by Crippen LogP contribution is -2.42. The molecule has 1 unspecified atom stereocenters. The van der Waals surface area contributed by atoms with Gasteiger partial charge in [-0.1, -0.05) is 103 Å². The number of benzene rings is 5. The first-order chi connectivity index (χ1) is 26.1. The normalized spacial score (nSPS) is 19.2. The van der Waals surface area contributed by atoms with Crippen molar-refractivity contribution >= 4 is 32.7 Å². The predicted octanol–water partition coefficient (Wildman–Crippen LogP) is 5.74. The molecule has 1 aliphatic heterocycles. The van der Waals surface area contributed by atoms with Crippen molar-refractivity contribution in [3.8, 4) is 11.1 Å². The summed E-state index contributed by atoms with van der Waals surface area (Å²) in [6.45, 7) is 4.32. The maximum Gasteiger partial charge on any atom is 0.252 e. The van der Waals surface area contributed by atoms with Gasteiger partial charge >= 0.3 is 0 Å². The van der Waals surface area contributed by atoms with Gasteiger partial charge in [-0.15, -0.1) is 0 Å². The molecule has 1 aromatic heterocycles. The van der Waals surface area contributed by atoms with Crippen LogP contribution in [0, 0.1) is 0 Å². The molecule has 1 saturated heterocycles. The van der Waals surface area contributed by atoms with Gasteiger partial charge in [-0.2, -0.15) is 0 Å². The number of anilines is 1.